The summed E-state index contributed by atoms with van der Waals surface area (Å²) in [5.41, 5.74) is 15.8. The summed E-state index contributed by atoms with van der Waals surface area (Å²) in [7, 11) is 0. The van der Waals surface area contributed by atoms with Gasteiger partial charge in [0.2, 0.25) is 0 Å². The van der Waals surface area contributed by atoms with Crippen LogP contribution < -0.4 is 11.5 Å². The van der Waals surface area contributed by atoms with Crippen LogP contribution in [0.25, 0.3) is 0 Å². The molecular weight excluding hydrogens is 360 g/mol. The van der Waals surface area contributed by atoms with Crippen LogP contribution in [0.1, 0.15) is 71.1 Å². The van der Waals surface area contributed by atoms with Crippen LogP contribution in [-0.2, 0) is 17.4 Å². The second-order valence-corrected chi connectivity index (χ2v) is 8.94. The summed E-state index contributed by atoms with van der Waals surface area (Å²) in [4.78, 5) is 5.66. The predicted molar refractivity (Wildman–Crippen MR) is 116 cm³/mol. The monoisotopic (exact) mass is 392 g/mol. The van der Waals surface area contributed by atoms with Crippen molar-refractivity contribution < 1.29 is 0 Å². The molecule has 29 heavy (non-hydrogen) atoms. The Morgan fingerprint density at radius 1 is 1.00 bits per heavy atom. The highest BCUT2D eigenvalue weighted by Gasteiger charge is 2.31. The molecule has 4 N–H and O–H groups in total. The van der Waals surface area contributed by atoms with E-state index in [0.29, 0.717) is 6.54 Å². The SMILES string of the molecule is CCC(C)(C)c1cc(CN2C(N)=C(C#N)N=C(N)C2C#N)cc(C(C)(C)CC)c1. The highest BCUT2D eigenvalue weighted by Crippen LogP contribution is 2.35. The van der Waals surface area contributed by atoms with E-state index in [-0.39, 0.29) is 28.2 Å². The first kappa shape index (κ1) is 22.3. The number of nitrogens with zero attached hydrogens (tertiary/aromatic N) is 4. The Morgan fingerprint density at radius 3 is 1.93 bits per heavy atom. The van der Waals surface area contributed by atoms with Gasteiger partial charge in [-0.25, -0.2) is 4.99 Å². The average molecular weight is 393 g/mol. The van der Waals surface area contributed by atoms with E-state index in [1.54, 1.807) is 4.90 Å². The molecule has 0 amide bonds. The van der Waals surface area contributed by atoms with Gasteiger partial charge in [0.1, 0.15) is 17.7 Å². The quantitative estimate of drug-likeness (QED) is 0.764. The van der Waals surface area contributed by atoms with Gasteiger partial charge in [-0.1, -0.05) is 59.7 Å². The fourth-order valence-corrected chi connectivity index (χ4v) is 3.25. The number of rotatable bonds is 6. The van der Waals surface area contributed by atoms with Gasteiger partial charge in [0.15, 0.2) is 11.7 Å². The van der Waals surface area contributed by atoms with Crippen LogP contribution >= 0.6 is 0 Å². The van der Waals surface area contributed by atoms with Crippen molar-refractivity contribution in [2.45, 2.75) is 77.8 Å². The lowest BCUT2D eigenvalue weighted by Crippen LogP contribution is -2.47. The fourth-order valence-electron chi connectivity index (χ4n) is 3.25. The maximum absolute atomic E-state index is 9.62. The second-order valence-electron chi connectivity index (χ2n) is 8.94. The highest BCUT2D eigenvalue weighted by atomic mass is 15.3. The summed E-state index contributed by atoms with van der Waals surface area (Å²) in [5.74, 6) is 0.280. The summed E-state index contributed by atoms with van der Waals surface area (Å²) in [5, 5.41) is 18.9. The van der Waals surface area contributed by atoms with Crippen molar-refractivity contribution in [3.8, 4) is 12.1 Å². The molecule has 1 aromatic carbocycles. The fraction of sp³-hybridized carbons (Fsp3) is 0.522. The number of nitriles is 2. The van der Waals surface area contributed by atoms with E-state index in [0.717, 1.165) is 18.4 Å². The lowest BCUT2D eigenvalue weighted by molar-refractivity contribution is 0.324. The summed E-state index contributed by atoms with van der Waals surface area (Å²) < 4.78 is 0. The zero-order chi connectivity index (χ0) is 22.0. The first-order valence-electron chi connectivity index (χ1n) is 10.1. The van der Waals surface area contributed by atoms with Gasteiger partial charge < -0.3 is 16.4 Å². The van der Waals surface area contributed by atoms with Gasteiger partial charge >= 0.3 is 0 Å². The van der Waals surface area contributed by atoms with Crippen molar-refractivity contribution in [2.24, 2.45) is 16.5 Å². The smallest absolute Gasteiger partial charge is 0.182 e. The van der Waals surface area contributed by atoms with E-state index >= 15 is 0 Å². The molecule has 1 heterocycles. The van der Waals surface area contributed by atoms with Gasteiger partial charge in [-0.15, -0.1) is 0 Å². The number of amidine groups is 1. The Hall–Kier alpha value is -2.99. The first-order chi connectivity index (χ1) is 13.5. The third-order valence-corrected chi connectivity index (χ3v) is 6.29. The summed E-state index contributed by atoms with van der Waals surface area (Å²) >= 11 is 0. The molecule has 6 heteroatoms. The molecule has 1 unspecified atom stereocenters. The number of nitrogens with two attached hydrogens (primary N) is 2. The maximum Gasteiger partial charge on any atom is 0.182 e. The lowest BCUT2D eigenvalue weighted by Gasteiger charge is -2.34. The number of aliphatic imine (C=N–C) groups is 1. The summed E-state index contributed by atoms with van der Waals surface area (Å²) in [6.45, 7) is 13.7. The molecule has 1 aliphatic heterocycles. The zero-order valence-electron chi connectivity index (χ0n) is 18.4. The van der Waals surface area contributed by atoms with Gasteiger partial charge in [0.05, 0.1) is 6.07 Å². The minimum atomic E-state index is -0.794. The number of hydrogen-bond acceptors (Lipinski definition) is 6. The first-order valence-corrected chi connectivity index (χ1v) is 10.1. The van der Waals surface area contributed by atoms with Crippen LogP contribution in [0.15, 0.2) is 34.7 Å². The largest absolute Gasteiger partial charge is 0.384 e. The van der Waals surface area contributed by atoms with Crippen molar-refractivity contribution in [1.82, 2.24) is 4.90 Å². The molecule has 0 aromatic heterocycles. The van der Waals surface area contributed by atoms with Crippen molar-refractivity contribution in [1.29, 1.82) is 10.5 Å². The molecule has 2 rings (SSSR count). The molecular formula is C23H32N6. The highest BCUT2D eigenvalue weighted by molar-refractivity contribution is 5.90. The van der Waals surface area contributed by atoms with E-state index in [4.69, 9.17) is 11.5 Å². The van der Waals surface area contributed by atoms with Gasteiger partial charge in [0.25, 0.3) is 0 Å². The second kappa shape index (κ2) is 8.17. The lowest BCUT2D eigenvalue weighted by atomic mass is 9.75. The average Bonchev–Trinajstić information content (AvgIpc) is 2.70. The number of benzene rings is 1. The Bertz CT molecular complexity index is 889. The molecule has 1 atom stereocenters. The number of hydrogen-bond donors (Lipinski definition) is 2. The van der Waals surface area contributed by atoms with Gasteiger partial charge in [-0.3, -0.25) is 0 Å². The van der Waals surface area contributed by atoms with Gasteiger partial charge in [0, 0.05) is 6.54 Å². The minimum absolute atomic E-state index is 0.0186. The molecule has 0 aliphatic carbocycles. The van der Waals surface area contributed by atoms with E-state index in [9.17, 15) is 10.5 Å². The van der Waals surface area contributed by atoms with Crippen molar-refractivity contribution in [3.63, 3.8) is 0 Å². The normalized spacial score (nSPS) is 17.6. The third-order valence-electron chi connectivity index (χ3n) is 6.29. The maximum atomic E-state index is 9.62. The molecule has 154 valence electrons. The van der Waals surface area contributed by atoms with Crippen molar-refractivity contribution in [3.05, 3.63) is 46.4 Å². The Labute approximate surface area is 174 Å². The summed E-state index contributed by atoms with van der Waals surface area (Å²) in [6, 6.07) is 9.98. The van der Waals surface area contributed by atoms with Crippen LogP contribution in [-0.4, -0.2) is 16.8 Å². The molecule has 0 bridgehead atoms. The van der Waals surface area contributed by atoms with Crippen LogP contribution in [0, 0.1) is 22.7 Å². The molecule has 1 aromatic rings. The van der Waals surface area contributed by atoms with Crippen molar-refractivity contribution >= 4 is 5.84 Å². The topological polar surface area (TPSA) is 115 Å². The van der Waals surface area contributed by atoms with Crippen LogP contribution in [0.5, 0.6) is 0 Å². The Balaban J connectivity index is 2.59. The molecule has 6 nitrogen and oxygen atoms in total. The Morgan fingerprint density at radius 2 is 1.52 bits per heavy atom. The molecule has 1 aliphatic rings. The van der Waals surface area contributed by atoms with E-state index in [1.807, 2.05) is 6.07 Å². The standard InChI is InChI=1S/C23H32N6/c1-7-22(3,4)16-9-15(10-17(11-16)23(5,6)8-2)14-29-19(13-25)20(26)28-18(12-24)21(29)27/h9-11,19H,7-8,14,27H2,1-6H3,(H2,26,28). The van der Waals surface area contributed by atoms with E-state index in [2.05, 4.69) is 70.8 Å². The predicted octanol–water partition coefficient (Wildman–Crippen LogP) is 3.78. The van der Waals surface area contributed by atoms with Gasteiger partial charge in [-0.05, 0) is 40.4 Å². The minimum Gasteiger partial charge on any atom is -0.384 e. The zero-order valence-corrected chi connectivity index (χ0v) is 18.4. The molecule has 0 saturated carbocycles. The number of allylic oxidation sites excluding steroid dienone is 1. The molecule has 0 fully saturated rings. The molecule has 0 radical (unpaired) electrons. The van der Waals surface area contributed by atoms with E-state index in [1.165, 1.54) is 11.1 Å². The molecule has 0 spiro atoms. The van der Waals surface area contributed by atoms with Crippen molar-refractivity contribution in [2.75, 3.05) is 0 Å². The van der Waals surface area contributed by atoms with Gasteiger partial charge in [-0.2, -0.15) is 10.5 Å². The molecule has 0 saturated heterocycles. The summed E-state index contributed by atoms with van der Waals surface area (Å²) in [6.07, 6.45) is 2.01. The van der Waals surface area contributed by atoms with Crippen LogP contribution in [0.4, 0.5) is 0 Å². The Kier molecular flexibility index (Phi) is 6.28. The van der Waals surface area contributed by atoms with Crippen LogP contribution in [0.2, 0.25) is 0 Å². The van der Waals surface area contributed by atoms with E-state index < -0.39 is 6.04 Å². The van der Waals surface area contributed by atoms with Crippen LogP contribution in [0.3, 0.4) is 0 Å². The third kappa shape index (κ3) is 4.38.